The summed E-state index contributed by atoms with van der Waals surface area (Å²) in [6.07, 6.45) is -4.39. The second kappa shape index (κ2) is 4.58. The maximum absolute atomic E-state index is 12.6. The number of carboxylic acids is 1. The first-order chi connectivity index (χ1) is 7.27. The standard InChI is InChI=1S/C9H14F3NO3/c1-5(8(15)16)13-2-6(4-14)7(3-13)9(10,11)12/h5-7,14H,2-4H2,1H3,(H,15,16)/t5-,6-,7-/m1/s1. The molecule has 0 aromatic rings. The van der Waals surface area contributed by atoms with Gasteiger partial charge in [-0.3, -0.25) is 9.69 Å². The average molecular weight is 241 g/mol. The van der Waals surface area contributed by atoms with Crippen LogP contribution in [-0.4, -0.2) is 53.0 Å². The lowest BCUT2D eigenvalue weighted by molar-refractivity contribution is -0.183. The Bertz CT molecular complexity index is 269. The summed E-state index contributed by atoms with van der Waals surface area (Å²) in [4.78, 5) is 11.9. The Balaban J connectivity index is 2.74. The molecule has 0 aromatic carbocycles. The van der Waals surface area contributed by atoms with Crippen LogP contribution in [0, 0.1) is 11.8 Å². The fourth-order valence-corrected chi connectivity index (χ4v) is 1.93. The smallest absolute Gasteiger partial charge is 0.393 e. The van der Waals surface area contributed by atoms with Gasteiger partial charge in [0.15, 0.2) is 0 Å². The second-order valence-corrected chi connectivity index (χ2v) is 4.06. The molecule has 0 aromatic heterocycles. The van der Waals surface area contributed by atoms with Crippen LogP contribution >= 0.6 is 0 Å². The van der Waals surface area contributed by atoms with E-state index in [4.69, 9.17) is 10.2 Å². The van der Waals surface area contributed by atoms with E-state index < -0.39 is 36.6 Å². The molecule has 16 heavy (non-hydrogen) atoms. The lowest BCUT2D eigenvalue weighted by atomic mass is 9.97. The van der Waals surface area contributed by atoms with Crippen LogP contribution in [0.4, 0.5) is 13.2 Å². The minimum atomic E-state index is -4.39. The van der Waals surface area contributed by atoms with Gasteiger partial charge in [-0.15, -0.1) is 0 Å². The van der Waals surface area contributed by atoms with Gasteiger partial charge in [0.25, 0.3) is 0 Å². The summed E-state index contributed by atoms with van der Waals surface area (Å²) in [7, 11) is 0. The molecule has 94 valence electrons. The van der Waals surface area contributed by atoms with Gasteiger partial charge in [0.05, 0.1) is 5.92 Å². The van der Waals surface area contributed by atoms with Crippen molar-refractivity contribution in [1.29, 1.82) is 0 Å². The predicted octanol–water partition coefficient (Wildman–Crippen LogP) is 0.562. The largest absolute Gasteiger partial charge is 0.480 e. The minimum Gasteiger partial charge on any atom is -0.480 e. The maximum atomic E-state index is 12.6. The van der Waals surface area contributed by atoms with Crippen molar-refractivity contribution in [3.05, 3.63) is 0 Å². The van der Waals surface area contributed by atoms with E-state index in [0.717, 1.165) is 0 Å². The third-order valence-corrected chi connectivity index (χ3v) is 3.03. The van der Waals surface area contributed by atoms with Crippen molar-refractivity contribution < 1.29 is 28.2 Å². The van der Waals surface area contributed by atoms with Gasteiger partial charge in [0.2, 0.25) is 0 Å². The van der Waals surface area contributed by atoms with Crippen LogP contribution in [0.2, 0.25) is 0 Å². The summed E-state index contributed by atoms with van der Waals surface area (Å²) < 4.78 is 37.7. The number of rotatable bonds is 3. The van der Waals surface area contributed by atoms with Crippen LogP contribution in [0.5, 0.6) is 0 Å². The highest BCUT2D eigenvalue weighted by molar-refractivity contribution is 5.72. The van der Waals surface area contributed by atoms with Crippen molar-refractivity contribution in [2.45, 2.75) is 19.1 Å². The van der Waals surface area contributed by atoms with E-state index in [1.807, 2.05) is 0 Å². The van der Waals surface area contributed by atoms with E-state index in [1.165, 1.54) is 11.8 Å². The van der Waals surface area contributed by atoms with Gasteiger partial charge in [-0.25, -0.2) is 0 Å². The molecule has 0 radical (unpaired) electrons. The van der Waals surface area contributed by atoms with E-state index in [9.17, 15) is 18.0 Å². The topological polar surface area (TPSA) is 60.8 Å². The van der Waals surface area contributed by atoms with Crippen molar-refractivity contribution in [3.8, 4) is 0 Å². The lowest BCUT2D eigenvalue weighted by Gasteiger charge is -2.21. The van der Waals surface area contributed by atoms with Crippen molar-refractivity contribution >= 4 is 5.97 Å². The molecule has 1 aliphatic heterocycles. The van der Waals surface area contributed by atoms with Crippen LogP contribution in [0.1, 0.15) is 6.92 Å². The zero-order valence-electron chi connectivity index (χ0n) is 8.74. The van der Waals surface area contributed by atoms with Crippen molar-refractivity contribution in [2.24, 2.45) is 11.8 Å². The van der Waals surface area contributed by atoms with Gasteiger partial charge >= 0.3 is 12.1 Å². The predicted molar refractivity (Wildman–Crippen MR) is 48.8 cm³/mol. The Kier molecular flexibility index (Phi) is 3.80. The molecule has 0 amide bonds. The molecular formula is C9H14F3NO3. The number of carboxylic acid groups (broad SMARTS) is 1. The third-order valence-electron chi connectivity index (χ3n) is 3.03. The number of halogens is 3. The van der Waals surface area contributed by atoms with Gasteiger partial charge in [0.1, 0.15) is 6.04 Å². The van der Waals surface area contributed by atoms with E-state index in [-0.39, 0.29) is 13.1 Å². The number of hydrogen-bond acceptors (Lipinski definition) is 3. The number of aliphatic hydroxyl groups excluding tert-OH is 1. The Hall–Kier alpha value is -0.820. The maximum Gasteiger partial charge on any atom is 0.393 e. The second-order valence-electron chi connectivity index (χ2n) is 4.06. The van der Waals surface area contributed by atoms with E-state index in [2.05, 4.69) is 0 Å². The quantitative estimate of drug-likeness (QED) is 0.758. The van der Waals surface area contributed by atoms with Gasteiger partial charge in [0, 0.05) is 25.6 Å². The molecular weight excluding hydrogens is 227 g/mol. The molecule has 1 heterocycles. The number of hydrogen-bond donors (Lipinski definition) is 2. The molecule has 0 saturated carbocycles. The van der Waals surface area contributed by atoms with Gasteiger partial charge in [-0.05, 0) is 6.92 Å². The van der Waals surface area contributed by atoms with Gasteiger partial charge in [-0.1, -0.05) is 0 Å². The van der Waals surface area contributed by atoms with E-state index >= 15 is 0 Å². The van der Waals surface area contributed by atoms with Crippen molar-refractivity contribution in [2.75, 3.05) is 19.7 Å². The molecule has 1 rings (SSSR count). The molecule has 2 N–H and O–H groups in total. The van der Waals surface area contributed by atoms with E-state index in [1.54, 1.807) is 0 Å². The van der Waals surface area contributed by atoms with Crippen molar-refractivity contribution in [1.82, 2.24) is 4.90 Å². The number of alkyl halides is 3. The summed E-state index contributed by atoms with van der Waals surface area (Å²) in [5.74, 6) is -3.72. The highest BCUT2D eigenvalue weighted by atomic mass is 19.4. The fraction of sp³-hybridized carbons (Fsp3) is 0.889. The summed E-state index contributed by atoms with van der Waals surface area (Å²) >= 11 is 0. The first-order valence-corrected chi connectivity index (χ1v) is 4.91. The van der Waals surface area contributed by atoms with Crippen LogP contribution in [0.25, 0.3) is 0 Å². The highest BCUT2D eigenvalue weighted by Crippen LogP contribution is 2.37. The Morgan fingerprint density at radius 1 is 1.50 bits per heavy atom. The molecule has 0 aliphatic carbocycles. The Labute approximate surface area is 90.7 Å². The lowest BCUT2D eigenvalue weighted by Crippen LogP contribution is -2.38. The molecule has 0 bridgehead atoms. The molecule has 1 fully saturated rings. The first-order valence-electron chi connectivity index (χ1n) is 4.91. The third kappa shape index (κ3) is 2.65. The number of nitrogens with zero attached hydrogens (tertiary/aromatic N) is 1. The van der Waals surface area contributed by atoms with Crippen molar-refractivity contribution in [3.63, 3.8) is 0 Å². The number of likely N-dealkylation sites (tertiary alicyclic amines) is 1. The van der Waals surface area contributed by atoms with Gasteiger partial charge < -0.3 is 10.2 Å². The number of aliphatic hydroxyl groups is 1. The SMILES string of the molecule is C[C@H](C(=O)O)N1C[C@H](CO)[C@H](C(F)(F)F)C1. The monoisotopic (exact) mass is 241 g/mol. The molecule has 0 spiro atoms. The summed E-state index contributed by atoms with van der Waals surface area (Å²) in [6.45, 7) is 0.374. The molecule has 4 nitrogen and oxygen atoms in total. The fourth-order valence-electron chi connectivity index (χ4n) is 1.93. The first kappa shape index (κ1) is 13.2. The molecule has 7 heteroatoms. The number of carbonyl (C=O) groups is 1. The Morgan fingerprint density at radius 2 is 2.06 bits per heavy atom. The molecule has 1 saturated heterocycles. The van der Waals surface area contributed by atoms with Crippen LogP contribution < -0.4 is 0 Å². The van der Waals surface area contributed by atoms with Crippen LogP contribution in [0.3, 0.4) is 0 Å². The molecule has 0 unspecified atom stereocenters. The Morgan fingerprint density at radius 3 is 2.38 bits per heavy atom. The summed E-state index contributed by atoms with van der Waals surface area (Å²) in [6, 6.07) is -0.957. The van der Waals surface area contributed by atoms with Gasteiger partial charge in [-0.2, -0.15) is 13.2 Å². The van der Waals surface area contributed by atoms with Crippen LogP contribution in [-0.2, 0) is 4.79 Å². The summed E-state index contributed by atoms with van der Waals surface area (Å²) in [5, 5.41) is 17.6. The molecule has 1 aliphatic rings. The molecule has 3 atom stereocenters. The summed E-state index contributed by atoms with van der Waals surface area (Å²) in [5.41, 5.74) is 0. The highest BCUT2D eigenvalue weighted by Gasteiger charge is 2.50. The minimum absolute atomic E-state index is 0.0336. The van der Waals surface area contributed by atoms with E-state index in [0.29, 0.717) is 0 Å². The normalized spacial score (nSPS) is 29.3. The zero-order valence-corrected chi connectivity index (χ0v) is 8.74. The van der Waals surface area contributed by atoms with Crippen LogP contribution in [0.15, 0.2) is 0 Å². The number of aliphatic carboxylic acids is 1. The average Bonchev–Trinajstić information content (AvgIpc) is 2.59. The zero-order chi connectivity index (χ0) is 12.5.